The van der Waals surface area contributed by atoms with Crippen molar-refractivity contribution in [2.45, 2.75) is 50.7 Å². The third-order valence-electron chi connectivity index (χ3n) is 5.42. The minimum atomic E-state index is -0.423. The minimum absolute atomic E-state index is 0.0360. The fraction of sp³-hybridized carbons (Fsp3) is 0.545. The molecule has 7 nitrogen and oxygen atoms in total. The summed E-state index contributed by atoms with van der Waals surface area (Å²) in [6.45, 7) is 4.26. The third-order valence-corrected chi connectivity index (χ3v) is 5.42. The van der Waals surface area contributed by atoms with Crippen molar-refractivity contribution in [3.05, 3.63) is 35.4 Å². The Bertz CT molecular complexity index is 769. The lowest BCUT2D eigenvalue weighted by Crippen LogP contribution is -2.33. The third kappa shape index (κ3) is 6.68. The van der Waals surface area contributed by atoms with E-state index < -0.39 is 5.66 Å². The van der Waals surface area contributed by atoms with Gasteiger partial charge >= 0.3 is 0 Å². The maximum absolute atomic E-state index is 12.2. The molecule has 1 fully saturated rings. The topological polar surface area (TPSA) is 86.2 Å². The molecule has 7 heteroatoms. The summed E-state index contributed by atoms with van der Waals surface area (Å²) in [6, 6.07) is 7.33. The van der Waals surface area contributed by atoms with E-state index in [1.165, 1.54) is 12.8 Å². The quantitative estimate of drug-likeness (QED) is 0.565. The number of likely N-dealkylation sites (tertiary alicyclic amines) is 1. The second-order valence-corrected chi connectivity index (χ2v) is 7.66. The van der Waals surface area contributed by atoms with Crippen LogP contribution in [-0.2, 0) is 11.3 Å². The maximum atomic E-state index is 12.2. The SMILES string of the molecule is C#CCCC1(CCC(=O)NCc2ccc(C(=O)NCCN3CCCC3)cc2)N=N1. The van der Waals surface area contributed by atoms with Crippen LogP contribution in [0.4, 0.5) is 0 Å². The van der Waals surface area contributed by atoms with E-state index in [0.29, 0.717) is 44.3 Å². The van der Waals surface area contributed by atoms with Gasteiger partial charge in [0, 0.05) is 50.9 Å². The maximum Gasteiger partial charge on any atom is 0.251 e. The monoisotopic (exact) mass is 395 g/mol. The lowest BCUT2D eigenvalue weighted by atomic mass is 10.0. The van der Waals surface area contributed by atoms with E-state index in [-0.39, 0.29) is 11.8 Å². The Morgan fingerprint density at radius 1 is 1.10 bits per heavy atom. The van der Waals surface area contributed by atoms with Crippen molar-refractivity contribution in [2.75, 3.05) is 26.2 Å². The molecule has 1 aromatic rings. The van der Waals surface area contributed by atoms with Crippen molar-refractivity contribution in [1.82, 2.24) is 15.5 Å². The number of nitrogens with one attached hydrogen (secondary N) is 2. The first-order valence-corrected chi connectivity index (χ1v) is 10.3. The molecule has 0 spiro atoms. The van der Waals surface area contributed by atoms with Gasteiger partial charge in [0.15, 0.2) is 5.66 Å². The zero-order valence-corrected chi connectivity index (χ0v) is 16.8. The van der Waals surface area contributed by atoms with Gasteiger partial charge < -0.3 is 15.5 Å². The molecule has 2 N–H and O–H groups in total. The summed E-state index contributed by atoms with van der Waals surface area (Å²) < 4.78 is 0. The average Bonchev–Trinajstić information content (AvgIpc) is 3.33. The Labute approximate surface area is 172 Å². The van der Waals surface area contributed by atoms with Crippen molar-refractivity contribution in [2.24, 2.45) is 10.2 Å². The number of benzene rings is 1. The van der Waals surface area contributed by atoms with E-state index in [1.807, 2.05) is 12.1 Å². The van der Waals surface area contributed by atoms with E-state index in [1.54, 1.807) is 12.1 Å². The summed E-state index contributed by atoms with van der Waals surface area (Å²) in [5, 5.41) is 13.9. The summed E-state index contributed by atoms with van der Waals surface area (Å²) in [7, 11) is 0. The van der Waals surface area contributed by atoms with Crippen LogP contribution < -0.4 is 10.6 Å². The van der Waals surface area contributed by atoms with Crippen LogP contribution in [0.15, 0.2) is 34.5 Å². The van der Waals surface area contributed by atoms with Crippen LogP contribution in [0.5, 0.6) is 0 Å². The zero-order valence-electron chi connectivity index (χ0n) is 16.8. The molecule has 1 aromatic carbocycles. The molecule has 0 bridgehead atoms. The number of nitrogens with zero attached hydrogens (tertiary/aromatic N) is 3. The van der Waals surface area contributed by atoms with E-state index in [0.717, 1.165) is 25.2 Å². The van der Waals surface area contributed by atoms with Gasteiger partial charge in [-0.3, -0.25) is 9.59 Å². The van der Waals surface area contributed by atoms with Gasteiger partial charge in [0.1, 0.15) is 0 Å². The van der Waals surface area contributed by atoms with Gasteiger partial charge in [-0.1, -0.05) is 12.1 Å². The predicted molar refractivity (Wildman–Crippen MR) is 111 cm³/mol. The Kier molecular flexibility index (Phi) is 7.36. The second-order valence-electron chi connectivity index (χ2n) is 7.66. The van der Waals surface area contributed by atoms with Crippen LogP contribution in [0.25, 0.3) is 0 Å². The molecule has 0 aromatic heterocycles. The standard InChI is InChI=1S/C22H29N5O2/c1-2-3-11-22(25-26-22)12-10-20(28)24-17-18-6-8-19(9-7-18)21(29)23-13-16-27-14-4-5-15-27/h1,6-9H,3-5,10-17H2,(H,23,29)(H,24,28). The van der Waals surface area contributed by atoms with E-state index in [4.69, 9.17) is 6.42 Å². The summed E-state index contributed by atoms with van der Waals surface area (Å²) in [4.78, 5) is 26.7. The highest BCUT2D eigenvalue weighted by Crippen LogP contribution is 2.37. The van der Waals surface area contributed by atoms with Crippen molar-refractivity contribution >= 4 is 11.8 Å². The first-order chi connectivity index (χ1) is 14.1. The molecule has 29 heavy (non-hydrogen) atoms. The number of terminal acetylenes is 1. The van der Waals surface area contributed by atoms with Crippen LogP contribution in [0.2, 0.25) is 0 Å². The van der Waals surface area contributed by atoms with Gasteiger partial charge in [-0.15, -0.1) is 12.3 Å². The van der Waals surface area contributed by atoms with Gasteiger partial charge in [-0.25, -0.2) is 0 Å². The fourth-order valence-corrected chi connectivity index (χ4v) is 3.48. The Balaban J connectivity index is 1.33. The number of hydrogen-bond donors (Lipinski definition) is 2. The molecule has 2 heterocycles. The molecule has 0 radical (unpaired) electrons. The summed E-state index contributed by atoms with van der Waals surface area (Å²) in [6.07, 6.45) is 10.1. The van der Waals surface area contributed by atoms with E-state index in [9.17, 15) is 9.59 Å². The number of amides is 2. The first-order valence-electron chi connectivity index (χ1n) is 10.3. The van der Waals surface area contributed by atoms with Gasteiger partial charge in [-0.05, 0) is 43.6 Å². The molecule has 2 aliphatic rings. The van der Waals surface area contributed by atoms with Crippen LogP contribution in [0.3, 0.4) is 0 Å². The van der Waals surface area contributed by atoms with Crippen molar-refractivity contribution < 1.29 is 9.59 Å². The van der Waals surface area contributed by atoms with E-state index >= 15 is 0 Å². The zero-order chi connectivity index (χ0) is 20.5. The predicted octanol–water partition coefficient (Wildman–Crippen LogP) is 2.48. The van der Waals surface area contributed by atoms with Crippen LogP contribution >= 0.6 is 0 Å². The lowest BCUT2D eigenvalue weighted by Gasteiger charge is -2.14. The smallest absolute Gasteiger partial charge is 0.251 e. The summed E-state index contributed by atoms with van der Waals surface area (Å²) in [5.41, 5.74) is 1.16. The normalized spacial score (nSPS) is 16.9. The van der Waals surface area contributed by atoms with Gasteiger partial charge in [0.05, 0.1) is 0 Å². The summed E-state index contributed by atoms with van der Waals surface area (Å²) in [5.74, 6) is 2.49. The molecular weight excluding hydrogens is 366 g/mol. The highest BCUT2D eigenvalue weighted by molar-refractivity contribution is 5.94. The molecule has 0 atom stereocenters. The van der Waals surface area contributed by atoms with Crippen LogP contribution in [-0.4, -0.2) is 48.6 Å². The molecule has 1 saturated heterocycles. The Morgan fingerprint density at radius 2 is 1.83 bits per heavy atom. The van der Waals surface area contributed by atoms with E-state index in [2.05, 4.69) is 31.7 Å². The Morgan fingerprint density at radius 3 is 2.48 bits per heavy atom. The Hall–Kier alpha value is -2.72. The van der Waals surface area contributed by atoms with Gasteiger partial charge in [-0.2, -0.15) is 10.2 Å². The molecule has 2 aliphatic heterocycles. The molecular formula is C22H29N5O2. The molecule has 2 amide bonds. The van der Waals surface area contributed by atoms with Crippen molar-refractivity contribution in [1.29, 1.82) is 0 Å². The highest BCUT2D eigenvalue weighted by atomic mass is 16.2. The van der Waals surface area contributed by atoms with Gasteiger partial charge in [0.2, 0.25) is 5.91 Å². The second kappa shape index (κ2) is 10.2. The highest BCUT2D eigenvalue weighted by Gasteiger charge is 2.39. The van der Waals surface area contributed by atoms with Gasteiger partial charge in [0.25, 0.3) is 5.91 Å². The minimum Gasteiger partial charge on any atom is -0.352 e. The molecule has 0 saturated carbocycles. The molecule has 3 rings (SSSR count). The van der Waals surface area contributed by atoms with Crippen molar-refractivity contribution in [3.63, 3.8) is 0 Å². The fourth-order valence-electron chi connectivity index (χ4n) is 3.48. The molecule has 154 valence electrons. The molecule has 0 aliphatic carbocycles. The number of carbonyl (C=O) groups is 2. The summed E-state index contributed by atoms with van der Waals surface area (Å²) >= 11 is 0. The average molecular weight is 396 g/mol. The molecule has 0 unspecified atom stereocenters. The van der Waals surface area contributed by atoms with Crippen LogP contribution in [0, 0.1) is 12.3 Å². The lowest BCUT2D eigenvalue weighted by molar-refractivity contribution is -0.121. The largest absolute Gasteiger partial charge is 0.352 e. The number of carbonyl (C=O) groups excluding carboxylic acids is 2. The first kappa shape index (κ1) is 21.0. The van der Waals surface area contributed by atoms with Crippen LogP contribution in [0.1, 0.15) is 54.4 Å². The number of rotatable bonds is 11. The number of hydrogen-bond acceptors (Lipinski definition) is 5. The van der Waals surface area contributed by atoms with Crippen molar-refractivity contribution in [3.8, 4) is 12.3 Å².